The molecular formula is C16H17FN2O3. The summed E-state index contributed by atoms with van der Waals surface area (Å²) in [5.41, 5.74) is 0.207. The first-order valence-electron chi connectivity index (χ1n) is 7.63. The average Bonchev–Trinajstić information content (AvgIpc) is 3.14. The maximum Gasteiger partial charge on any atom is 0.254 e. The summed E-state index contributed by atoms with van der Waals surface area (Å²) in [6.07, 6.45) is 2.71. The molecule has 1 aromatic carbocycles. The van der Waals surface area contributed by atoms with Crippen LogP contribution in [-0.4, -0.2) is 39.8 Å². The van der Waals surface area contributed by atoms with Crippen LogP contribution >= 0.6 is 0 Å². The first kappa shape index (κ1) is 13.7. The van der Waals surface area contributed by atoms with Crippen LogP contribution in [0.25, 0.3) is 11.0 Å². The van der Waals surface area contributed by atoms with E-state index < -0.39 is 5.60 Å². The lowest BCUT2D eigenvalue weighted by molar-refractivity contribution is -0.143. The van der Waals surface area contributed by atoms with E-state index >= 15 is 0 Å². The average molecular weight is 304 g/mol. The monoisotopic (exact) mass is 304 g/mol. The van der Waals surface area contributed by atoms with Crippen LogP contribution in [-0.2, 0) is 4.79 Å². The molecule has 0 spiro atoms. The number of piperidine rings is 1. The SMILES string of the molecule is O=C(N1CCC(c2noc3cc(F)ccc23)CC1)C1(O)CC1. The van der Waals surface area contributed by atoms with Gasteiger partial charge in [-0.2, -0.15) is 0 Å². The molecule has 1 aliphatic carbocycles. The number of halogens is 1. The highest BCUT2D eigenvalue weighted by molar-refractivity contribution is 5.88. The zero-order valence-electron chi connectivity index (χ0n) is 12.1. The largest absolute Gasteiger partial charge is 0.380 e. The zero-order valence-corrected chi connectivity index (χ0v) is 12.1. The number of carbonyl (C=O) groups excluding carboxylic acids is 1. The van der Waals surface area contributed by atoms with Gasteiger partial charge in [-0.1, -0.05) is 5.16 Å². The summed E-state index contributed by atoms with van der Waals surface area (Å²) in [7, 11) is 0. The molecule has 5 nitrogen and oxygen atoms in total. The highest BCUT2D eigenvalue weighted by Crippen LogP contribution is 2.39. The molecule has 0 atom stereocenters. The first-order chi connectivity index (χ1) is 10.6. The van der Waals surface area contributed by atoms with Gasteiger partial charge in [-0.3, -0.25) is 4.79 Å². The van der Waals surface area contributed by atoms with Crippen LogP contribution < -0.4 is 0 Å². The van der Waals surface area contributed by atoms with Gasteiger partial charge in [0.1, 0.15) is 11.4 Å². The number of carbonyl (C=O) groups is 1. The fourth-order valence-electron chi connectivity index (χ4n) is 3.21. The molecule has 4 rings (SSSR count). The van der Waals surface area contributed by atoms with Crippen molar-refractivity contribution in [2.75, 3.05) is 13.1 Å². The van der Waals surface area contributed by atoms with E-state index in [1.807, 2.05) is 0 Å². The quantitative estimate of drug-likeness (QED) is 0.923. The van der Waals surface area contributed by atoms with E-state index in [0.717, 1.165) is 23.9 Å². The molecule has 1 aliphatic heterocycles. The number of amides is 1. The van der Waals surface area contributed by atoms with Crippen LogP contribution in [0.15, 0.2) is 22.7 Å². The molecule has 0 radical (unpaired) electrons. The van der Waals surface area contributed by atoms with Crippen LogP contribution in [0.3, 0.4) is 0 Å². The Hall–Kier alpha value is -1.95. The Morgan fingerprint density at radius 1 is 1.36 bits per heavy atom. The van der Waals surface area contributed by atoms with Crippen molar-refractivity contribution in [1.82, 2.24) is 10.1 Å². The fraction of sp³-hybridized carbons (Fsp3) is 0.500. The van der Waals surface area contributed by atoms with E-state index in [9.17, 15) is 14.3 Å². The number of benzene rings is 1. The van der Waals surface area contributed by atoms with Crippen molar-refractivity contribution in [1.29, 1.82) is 0 Å². The number of likely N-dealkylation sites (tertiary alicyclic amines) is 1. The minimum Gasteiger partial charge on any atom is -0.380 e. The van der Waals surface area contributed by atoms with E-state index in [-0.39, 0.29) is 17.6 Å². The van der Waals surface area contributed by atoms with Crippen LogP contribution in [0.2, 0.25) is 0 Å². The topological polar surface area (TPSA) is 66.6 Å². The second-order valence-electron chi connectivity index (χ2n) is 6.31. The van der Waals surface area contributed by atoms with Gasteiger partial charge in [-0.15, -0.1) is 0 Å². The Morgan fingerprint density at radius 2 is 2.09 bits per heavy atom. The van der Waals surface area contributed by atoms with Crippen molar-refractivity contribution >= 4 is 16.9 Å². The molecule has 1 N–H and O–H groups in total. The molecule has 2 aromatic rings. The Kier molecular flexibility index (Phi) is 2.97. The molecule has 1 aromatic heterocycles. The van der Waals surface area contributed by atoms with Crippen LogP contribution in [0.4, 0.5) is 4.39 Å². The van der Waals surface area contributed by atoms with Crippen LogP contribution in [0, 0.1) is 5.82 Å². The van der Waals surface area contributed by atoms with E-state index in [1.165, 1.54) is 12.1 Å². The molecule has 2 heterocycles. The molecule has 22 heavy (non-hydrogen) atoms. The van der Waals surface area contributed by atoms with Crippen LogP contribution in [0.5, 0.6) is 0 Å². The maximum atomic E-state index is 13.2. The van der Waals surface area contributed by atoms with E-state index in [1.54, 1.807) is 11.0 Å². The molecular weight excluding hydrogens is 287 g/mol. The lowest BCUT2D eigenvalue weighted by Crippen LogP contribution is -2.44. The van der Waals surface area contributed by atoms with Crippen molar-refractivity contribution in [2.45, 2.75) is 37.2 Å². The molecule has 0 bridgehead atoms. The number of nitrogens with zero attached hydrogens (tertiary/aromatic N) is 2. The van der Waals surface area contributed by atoms with Gasteiger partial charge in [-0.05, 0) is 37.8 Å². The van der Waals surface area contributed by atoms with E-state index in [2.05, 4.69) is 5.16 Å². The van der Waals surface area contributed by atoms with Crippen LogP contribution in [0.1, 0.15) is 37.3 Å². The maximum absolute atomic E-state index is 13.2. The van der Waals surface area contributed by atoms with Crippen molar-refractivity contribution in [3.63, 3.8) is 0 Å². The molecule has 116 valence electrons. The van der Waals surface area contributed by atoms with Gasteiger partial charge in [0, 0.05) is 30.5 Å². The van der Waals surface area contributed by atoms with Gasteiger partial charge in [0.25, 0.3) is 5.91 Å². The third-order valence-corrected chi connectivity index (χ3v) is 4.75. The fourth-order valence-corrected chi connectivity index (χ4v) is 3.21. The van der Waals surface area contributed by atoms with Gasteiger partial charge < -0.3 is 14.5 Å². The van der Waals surface area contributed by atoms with Gasteiger partial charge >= 0.3 is 0 Å². The van der Waals surface area contributed by atoms with E-state index in [4.69, 9.17) is 4.52 Å². The van der Waals surface area contributed by atoms with Gasteiger partial charge in [-0.25, -0.2) is 4.39 Å². The van der Waals surface area contributed by atoms with Gasteiger partial charge in [0.15, 0.2) is 5.58 Å². The smallest absolute Gasteiger partial charge is 0.254 e. The van der Waals surface area contributed by atoms with E-state index in [0.29, 0.717) is 31.5 Å². The molecule has 0 unspecified atom stereocenters. The summed E-state index contributed by atoms with van der Waals surface area (Å²) in [6.45, 7) is 1.22. The summed E-state index contributed by atoms with van der Waals surface area (Å²) in [5, 5.41) is 14.8. The minimum absolute atomic E-state index is 0.141. The van der Waals surface area contributed by atoms with Crippen molar-refractivity contribution in [2.24, 2.45) is 0 Å². The number of aromatic nitrogens is 1. The van der Waals surface area contributed by atoms with Crippen molar-refractivity contribution < 1.29 is 18.8 Å². The second-order valence-corrected chi connectivity index (χ2v) is 6.31. The Labute approximate surface area is 126 Å². The van der Waals surface area contributed by atoms with Gasteiger partial charge in [0.2, 0.25) is 0 Å². The molecule has 6 heteroatoms. The molecule has 2 fully saturated rings. The lowest BCUT2D eigenvalue weighted by atomic mass is 9.91. The third kappa shape index (κ3) is 2.18. The summed E-state index contributed by atoms with van der Waals surface area (Å²) in [5.74, 6) is -0.282. The predicted molar refractivity (Wildman–Crippen MR) is 76.7 cm³/mol. The lowest BCUT2D eigenvalue weighted by Gasteiger charge is -2.32. The first-order valence-corrected chi connectivity index (χ1v) is 7.63. The molecule has 1 saturated carbocycles. The number of hydrogen-bond donors (Lipinski definition) is 1. The standard InChI is InChI=1S/C16H17FN2O3/c17-11-1-2-12-13(9-11)22-18-14(12)10-3-7-19(8-4-10)15(20)16(21)5-6-16/h1-2,9-10,21H,3-8H2. The summed E-state index contributed by atoms with van der Waals surface area (Å²) >= 11 is 0. The highest BCUT2D eigenvalue weighted by atomic mass is 19.1. The summed E-state index contributed by atoms with van der Waals surface area (Å²) < 4.78 is 18.4. The van der Waals surface area contributed by atoms with Gasteiger partial charge in [0.05, 0.1) is 5.69 Å². The zero-order chi connectivity index (χ0) is 15.3. The number of rotatable bonds is 2. The van der Waals surface area contributed by atoms with Crippen molar-refractivity contribution in [3.05, 3.63) is 29.7 Å². The van der Waals surface area contributed by atoms with Crippen molar-refractivity contribution in [3.8, 4) is 0 Å². The highest BCUT2D eigenvalue weighted by Gasteiger charge is 2.50. The predicted octanol–water partition coefficient (Wildman–Crippen LogP) is 2.20. The Bertz CT molecular complexity index is 730. The Balaban J connectivity index is 1.50. The second kappa shape index (κ2) is 4.78. The number of fused-ring (bicyclic) bond motifs is 1. The minimum atomic E-state index is -1.09. The number of hydrogen-bond acceptors (Lipinski definition) is 4. The molecule has 1 saturated heterocycles. The summed E-state index contributed by atoms with van der Waals surface area (Å²) in [4.78, 5) is 13.9. The molecule has 2 aliphatic rings. The number of aliphatic hydroxyl groups is 1. The normalized spacial score (nSPS) is 21.3. The third-order valence-electron chi connectivity index (χ3n) is 4.75. The Morgan fingerprint density at radius 3 is 2.77 bits per heavy atom. The summed E-state index contributed by atoms with van der Waals surface area (Å²) in [6, 6.07) is 4.44. The molecule has 1 amide bonds.